The van der Waals surface area contributed by atoms with Crippen molar-refractivity contribution < 1.29 is 0 Å². The number of nitrogens with zero attached hydrogens (tertiary/aromatic N) is 2. The molecule has 90 valence electrons. The zero-order valence-electron chi connectivity index (χ0n) is 10.8. The predicted octanol–water partition coefficient (Wildman–Crippen LogP) is 3.65. The number of rotatable bonds is 4. The van der Waals surface area contributed by atoms with Crippen molar-refractivity contribution in [3.8, 4) is 0 Å². The van der Waals surface area contributed by atoms with Crippen molar-refractivity contribution in [2.24, 2.45) is 0 Å². The van der Waals surface area contributed by atoms with E-state index in [-0.39, 0.29) is 0 Å². The van der Waals surface area contributed by atoms with Gasteiger partial charge in [-0.3, -0.25) is 4.68 Å². The van der Waals surface area contributed by atoms with E-state index in [2.05, 4.69) is 18.5 Å². The molecule has 0 bridgehead atoms. The number of unbranched alkanes of at least 4 members (excludes halogenated alkanes) is 2. The molecule has 0 aromatic carbocycles. The van der Waals surface area contributed by atoms with Gasteiger partial charge in [-0.05, 0) is 44.6 Å². The molecule has 0 saturated carbocycles. The summed E-state index contributed by atoms with van der Waals surface area (Å²) in [7, 11) is 0. The lowest BCUT2D eigenvalue weighted by atomic mass is 10.1. The van der Waals surface area contributed by atoms with E-state index in [1.54, 1.807) is 5.56 Å². The van der Waals surface area contributed by atoms with Gasteiger partial charge in [-0.15, -0.1) is 0 Å². The molecule has 0 amide bonds. The molecule has 1 aliphatic rings. The standard InChI is InChI=1S/C14H24N2/c1-3-4-8-11-16-12(2)13-9-6-5-7-10-14(13)15-16/h3-11H2,1-2H3. The maximum absolute atomic E-state index is 4.80. The summed E-state index contributed by atoms with van der Waals surface area (Å²) in [5.41, 5.74) is 4.40. The van der Waals surface area contributed by atoms with E-state index in [0.717, 1.165) is 6.54 Å². The Morgan fingerprint density at radius 2 is 1.94 bits per heavy atom. The molecular weight excluding hydrogens is 196 g/mol. The molecule has 2 nitrogen and oxygen atoms in total. The third-order valence-electron chi connectivity index (χ3n) is 3.73. The second-order valence-electron chi connectivity index (χ2n) is 5.00. The van der Waals surface area contributed by atoms with Crippen LogP contribution in [0.25, 0.3) is 0 Å². The molecule has 1 aliphatic carbocycles. The molecule has 2 rings (SSSR count). The van der Waals surface area contributed by atoms with Gasteiger partial charge in [-0.25, -0.2) is 0 Å². The van der Waals surface area contributed by atoms with Crippen LogP contribution in [-0.2, 0) is 19.4 Å². The summed E-state index contributed by atoms with van der Waals surface area (Å²) in [6.45, 7) is 5.63. The van der Waals surface area contributed by atoms with Gasteiger partial charge in [0.15, 0.2) is 0 Å². The molecule has 0 atom stereocenters. The minimum atomic E-state index is 1.12. The van der Waals surface area contributed by atoms with Gasteiger partial charge in [0, 0.05) is 12.2 Å². The molecule has 2 heteroatoms. The van der Waals surface area contributed by atoms with Crippen LogP contribution in [0, 0.1) is 6.92 Å². The Kier molecular flexibility index (Phi) is 4.03. The Morgan fingerprint density at radius 1 is 1.12 bits per heavy atom. The molecule has 0 aliphatic heterocycles. The van der Waals surface area contributed by atoms with Crippen LogP contribution in [0.3, 0.4) is 0 Å². The average Bonchev–Trinajstić information content (AvgIpc) is 2.49. The fourth-order valence-corrected chi connectivity index (χ4v) is 2.67. The van der Waals surface area contributed by atoms with Crippen molar-refractivity contribution in [1.29, 1.82) is 0 Å². The molecule has 1 aromatic rings. The van der Waals surface area contributed by atoms with Crippen molar-refractivity contribution in [3.63, 3.8) is 0 Å². The first kappa shape index (κ1) is 11.7. The molecule has 0 saturated heterocycles. The van der Waals surface area contributed by atoms with E-state index in [9.17, 15) is 0 Å². The smallest absolute Gasteiger partial charge is 0.0659 e. The molecule has 0 spiro atoms. The Labute approximate surface area is 99.0 Å². The second kappa shape index (κ2) is 5.51. The lowest BCUT2D eigenvalue weighted by Crippen LogP contribution is -2.03. The van der Waals surface area contributed by atoms with Crippen LogP contribution in [0.15, 0.2) is 0 Å². The highest BCUT2D eigenvalue weighted by Crippen LogP contribution is 2.23. The van der Waals surface area contributed by atoms with Gasteiger partial charge in [-0.1, -0.05) is 26.2 Å². The van der Waals surface area contributed by atoms with Gasteiger partial charge < -0.3 is 0 Å². The van der Waals surface area contributed by atoms with E-state index in [4.69, 9.17) is 5.10 Å². The first-order valence-corrected chi connectivity index (χ1v) is 6.88. The van der Waals surface area contributed by atoms with Gasteiger partial charge in [0.1, 0.15) is 0 Å². The summed E-state index contributed by atoms with van der Waals surface area (Å²) in [6, 6.07) is 0. The highest BCUT2D eigenvalue weighted by Gasteiger charge is 2.16. The molecule has 1 heterocycles. The number of fused-ring (bicyclic) bond motifs is 1. The summed E-state index contributed by atoms with van der Waals surface area (Å²) >= 11 is 0. The summed E-state index contributed by atoms with van der Waals surface area (Å²) in [5, 5.41) is 4.80. The van der Waals surface area contributed by atoms with E-state index in [1.807, 2.05) is 0 Å². The van der Waals surface area contributed by atoms with Crippen LogP contribution in [0.2, 0.25) is 0 Å². The highest BCUT2D eigenvalue weighted by molar-refractivity contribution is 5.26. The zero-order valence-corrected chi connectivity index (χ0v) is 10.8. The number of hydrogen-bond donors (Lipinski definition) is 0. The van der Waals surface area contributed by atoms with Gasteiger partial charge in [0.05, 0.1) is 5.69 Å². The zero-order chi connectivity index (χ0) is 11.4. The number of hydrogen-bond acceptors (Lipinski definition) is 1. The van der Waals surface area contributed by atoms with Crippen LogP contribution < -0.4 is 0 Å². The molecule has 16 heavy (non-hydrogen) atoms. The minimum absolute atomic E-state index is 1.12. The van der Waals surface area contributed by atoms with Crippen LogP contribution in [-0.4, -0.2) is 9.78 Å². The van der Waals surface area contributed by atoms with Crippen molar-refractivity contribution >= 4 is 0 Å². The second-order valence-corrected chi connectivity index (χ2v) is 5.00. The van der Waals surface area contributed by atoms with E-state index in [0.29, 0.717) is 0 Å². The van der Waals surface area contributed by atoms with Crippen molar-refractivity contribution in [2.75, 3.05) is 0 Å². The number of aromatic nitrogens is 2. The van der Waals surface area contributed by atoms with Crippen LogP contribution in [0.4, 0.5) is 0 Å². The number of aryl methyl sites for hydroxylation is 2. The lowest BCUT2D eigenvalue weighted by Gasteiger charge is -2.04. The van der Waals surface area contributed by atoms with E-state index < -0.39 is 0 Å². The minimum Gasteiger partial charge on any atom is -0.269 e. The van der Waals surface area contributed by atoms with Crippen molar-refractivity contribution in [2.45, 2.75) is 71.8 Å². The topological polar surface area (TPSA) is 17.8 Å². The largest absolute Gasteiger partial charge is 0.269 e. The van der Waals surface area contributed by atoms with Crippen LogP contribution >= 0.6 is 0 Å². The maximum Gasteiger partial charge on any atom is 0.0659 e. The molecular formula is C14H24N2. The van der Waals surface area contributed by atoms with Crippen LogP contribution in [0.5, 0.6) is 0 Å². The van der Waals surface area contributed by atoms with E-state index >= 15 is 0 Å². The Balaban J connectivity index is 2.09. The monoisotopic (exact) mass is 220 g/mol. The van der Waals surface area contributed by atoms with Gasteiger partial charge in [0.25, 0.3) is 0 Å². The fraction of sp³-hybridized carbons (Fsp3) is 0.786. The molecule has 1 aromatic heterocycles. The summed E-state index contributed by atoms with van der Waals surface area (Å²) < 4.78 is 2.26. The third kappa shape index (κ3) is 2.47. The van der Waals surface area contributed by atoms with E-state index in [1.165, 1.54) is 62.8 Å². The van der Waals surface area contributed by atoms with Crippen molar-refractivity contribution in [1.82, 2.24) is 9.78 Å². The SMILES string of the molecule is CCCCCn1nc2c(c1C)CCCCC2. The summed E-state index contributed by atoms with van der Waals surface area (Å²) in [4.78, 5) is 0. The quantitative estimate of drug-likeness (QED) is 0.559. The van der Waals surface area contributed by atoms with Gasteiger partial charge >= 0.3 is 0 Å². The Hall–Kier alpha value is -0.790. The molecule has 0 N–H and O–H groups in total. The molecule has 0 unspecified atom stereocenters. The summed E-state index contributed by atoms with van der Waals surface area (Å²) in [6.07, 6.45) is 10.4. The van der Waals surface area contributed by atoms with Crippen LogP contribution in [0.1, 0.15) is 62.4 Å². The normalized spacial score (nSPS) is 15.9. The summed E-state index contributed by atoms with van der Waals surface area (Å²) in [5.74, 6) is 0. The molecule has 0 radical (unpaired) electrons. The first-order valence-electron chi connectivity index (χ1n) is 6.88. The fourth-order valence-electron chi connectivity index (χ4n) is 2.67. The van der Waals surface area contributed by atoms with Gasteiger partial charge in [0.2, 0.25) is 0 Å². The third-order valence-corrected chi connectivity index (χ3v) is 3.73. The maximum atomic E-state index is 4.80. The molecule has 0 fully saturated rings. The Morgan fingerprint density at radius 3 is 2.75 bits per heavy atom. The van der Waals surface area contributed by atoms with Crippen molar-refractivity contribution in [3.05, 3.63) is 17.0 Å². The Bertz CT molecular complexity index is 339. The lowest BCUT2D eigenvalue weighted by molar-refractivity contribution is 0.533. The predicted molar refractivity (Wildman–Crippen MR) is 67.7 cm³/mol. The van der Waals surface area contributed by atoms with Gasteiger partial charge in [-0.2, -0.15) is 5.10 Å². The average molecular weight is 220 g/mol. The first-order chi connectivity index (χ1) is 7.83. The highest BCUT2D eigenvalue weighted by atomic mass is 15.3.